The molecule has 2 aromatic carbocycles. The first kappa shape index (κ1) is 24.7. The zero-order chi connectivity index (χ0) is 24.2. The summed E-state index contributed by atoms with van der Waals surface area (Å²) in [5, 5.41) is 4.97. The SMILES string of the molecule is CC(C)[C@H](NC(=O)c1cccc(S(=O)(=O)N2CCOCC2)c1)C(=O)Nc1cc(F)cc(F)c1. The van der Waals surface area contributed by atoms with Gasteiger partial charge in [0.25, 0.3) is 5.91 Å². The molecule has 1 aliphatic heterocycles. The van der Waals surface area contributed by atoms with Crippen molar-refractivity contribution >= 4 is 27.5 Å². The third-order valence-electron chi connectivity index (χ3n) is 5.07. The minimum Gasteiger partial charge on any atom is -0.379 e. The first-order chi connectivity index (χ1) is 15.6. The van der Waals surface area contributed by atoms with E-state index in [2.05, 4.69) is 10.6 Å². The van der Waals surface area contributed by atoms with Crippen LogP contribution in [0.1, 0.15) is 24.2 Å². The van der Waals surface area contributed by atoms with Gasteiger partial charge in [0.2, 0.25) is 15.9 Å². The molecule has 2 amide bonds. The van der Waals surface area contributed by atoms with E-state index >= 15 is 0 Å². The number of halogens is 2. The van der Waals surface area contributed by atoms with Crippen LogP contribution >= 0.6 is 0 Å². The van der Waals surface area contributed by atoms with Crippen molar-refractivity contribution in [2.75, 3.05) is 31.6 Å². The molecule has 0 radical (unpaired) electrons. The number of carbonyl (C=O) groups is 2. The summed E-state index contributed by atoms with van der Waals surface area (Å²) in [6.45, 7) is 4.40. The van der Waals surface area contributed by atoms with Crippen molar-refractivity contribution in [1.29, 1.82) is 0 Å². The second-order valence-corrected chi connectivity index (χ2v) is 9.82. The Hall–Kier alpha value is -2.89. The van der Waals surface area contributed by atoms with Crippen LogP contribution in [0.5, 0.6) is 0 Å². The van der Waals surface area contributed by atoms with Gasteiger partial charge in [-0.15, -0.1) is 0 Å². The number of morpholine rings is 1. The Kier molecular flexibility index (Phi) is 7.77. The minimum absolute atomic E-state index is 0.0437. The third-order valence-corrected chi connectivity index (χ3v) is 6.96. The molecule has 178 valence electrons. The molecule has 1 aliphatic rings. The number of nitrogens with zero attached hydrogens (tertiary/aromatic N) is 1. The highest BCUT2D eigenvalue weighted by Crippen LogP contribution is 2.19. The quantitative estimate of drug-likeness (QED) is 0.632. The van der Waals surface area contributed by atoms with Crippen molar-refractivity contribution in [2.45, 2.75) is 24.8 Å². The van der Waals surface area contributed by atoms with Gasteiger partial charge in [0.15, 0.2) is 0 Å². The van der Waals surface area contributed by atoms with Gasteiger partial charge < -0.3 is 15.4 Å². The van der Waals surface area contributed by atoms with E-state index in [4.69, 9.17) is 4.74 Å². The number of anilines is 1. The predicted octanol–water partition coefficient (Wildman–Crippen LogP) is 2.38. The van der Waals surface area contributed by atoms with E-state index in [1.165, 1.54) is 28.6 Å². The first-order valence-corrected chi connectivity index (χ1v) is 11.8. The van der Waals surface area contributed by atoms with E-state index in [9.17, 15) is 26.8 Å². The summed E-state index contributed by atoms with van der Waals surface area (Å²) in [6, 6.07) is 7.08. The van der Waals surface area contributed by atoms with Crippen molar-refractivity contribution in [3.63, 3.8) is 0 Å². The fourth-order valence-electron chi connectivity index (χ4n) is 3.34. The third kappa shape index (κ3) is 6.12. The Balaban J connectivity index is 1.76. The van der Waals surface area contributed by atoms with Crippen molar-refractivity contribution < 1.29 is 31.5 Å². The molecule has 1 heterocycles. The van der Waals surface area contributed by atoms with Crippen LogP contribution in [0.3, 0.4) is 0 Å². The summed E-state index contributed by atoms with van der Waals surface area (Å²) in [4.78, 5) is 25.5. The number of benzene rings is 2. The number of rotatable bonds is 7. The first-order valence-electron chi connectivity index (χ1n) is 10.3. The van der Waals surface area contributed by atoms with Crippen LogP contribution < -0.4 is 10.6 Å². The van der Waals surface area contributed by atoms with Crippen LogP contribution in [0.25, 0.3) is 0 Å². The standard InChI is InChI=1S/C22H25F2N3O5S/c1-14(2)20(22(29)25-18-12-16(23)11-17(24)13-18)26-21(28)15-4-3-5-19(10-15)33(30,31)27-6-8-32-9-7-27/h3-5,10-14,20H,6-9H2,1-2H3,(H,25,29)(H,26,28)/t20-/m0/s1. The van der Waals surface area contributed by atoms with Crippen LogP contribution in [-0.2, 0) is 19.6 Å². The van der Waals surface area contributed by atoms with Crippen molar-refractivity contribution in [1.82, 2.24) is 9.62 Å². The van der Waals surface area contributed by atoms with E-state index in [0.29, 0.717) is 19.3 Å². The lowest BCUT2D eigenvalue weighted by molar-refractivity contribution is -0.118. The molecule has 33 heavy (non-hydrogen) atoms. The molecule has 2 aromatic rings. The molecule has 0 spiro atoms. The Morgan fingerprint density at radius 2 is 1.67 bits per heavy atom. The average Bonchev–Trinajstić information content (AvgIpc) is 2.77. The molecule has 0 unspecified atom stereocenters. The highest BCUT2D eigenvalue weighted by atomic mass is 32.2. The molecular weight excluding hydrogens is 456 g/mol. The maximum absolute atomic E-state index is 13.4. The highest BCUT2D eigenvalue weighted by Gasteiger charge is 2.28. The molecule has 2 N–H and O–H groups in total. The maximum atomic E-state index is 13.4. The van der Waals surface area contributed by atoms with Gasteiger partial charge in [0.05, 0.1) is 18.1 Å². The molecule has 1 fully saturated rings. The van der Waals surface area contributed by atoms with Gasteiger partial charge in [0.1, 0.15) is 17.7 Å². The predicted molar refractivity (Wildman–Crippen MR) is 117 cm³/mol. The van der Waals surface area contributed by atoms with Crippen LogP contribution in [0.2, 0.25) is 0 Å². The molecule has 0 aliphatic carbocycles. The number of sulfonamides is 1. The van der Waals surface area contributed by atoms with Crippen LogP contribution in [0.4, 0.5) is 14.5 Å². The molecule has 8 nitrogen and oxygen atoms in total. The Morgan fingerprint density at radius 1 is 1.03 bits per heavy atom. The highest BCUT2D eigenvalue weighted by molar-refractivity contribution is 7.89. The van der Waals surface area contributed by atoms with E-state index in [1.54, 1.807) is 13.8 Å². The number of hydrogen-bond donors (Lipinski definition) is 2. The summed E-state index contributed by atoms with van der Waals surface area (Å²) in [5.41, 5.74) is -0.0319. The lowest BCUT2D eigenvalue weighted by Gasteiger charge is -2.26. The molecule has 0 aromatic heterocycles. The zero-order valence-electron chi connectivity index (χ0n) is 18.2. The van der Waals surface area contributed by atoms with Crippen molar-refractivity contribution in [2.24, 2.45) is 5.92 Å². The Labute approximate surface area is 191 Å². The van der Waals surface area contributed by atoms with Crippen molar-refractivity contribution in [3.05, 3.63) is 59.7 Å². The Bertz CT molecular complexity index is 1110. The summed E-state index contributed by atoms with van der Waals surface area (Å²) >= 11 is 0. The minimum atomic E-state index is -3.81. The van der Waals surface area contributed by atoms with Crippen LogP contribution in [0, 0.1) is 17.6 Å². The maximum Gasteiger partial charge on any atom is 0.251 e. The molecular formula is C22H25F2N3O5S. The summed E-state index contributed by atoms with van der Waals surface area (Å²) in [5.74, 6) is -3.40. The molecule has 0 bridgehead atoms. The molecule has 11 heteroatoms. The molecule has 1 saturated heterocycles. The van der Waals surface area contributed by atoms with Crippen LogP contribution in [0.15, 0.2) is 47.4 Å². The van der Waals surface area contributed by atoms with Gasteiger partial charge in [0, 0.05) is 30.4 Å². The van der Waals surface area contributed by atoms with E-state index in [1.807, 2.05) is 0 Å². The fourth-order valence-corrected chi connectivity index (χ4v) is 4.79. The van der Waals surface area contributed by atoms with Gasteiger partial charge in [-0.3, -0.25) is 9.59 Å². The van der Waals surface area contributed by atoms with Gasteiger partial charge in [-0.05, 0) is 36.2 Å². The normalized spacial score (nSPS) is 15.8. The number of carbonyl (C=O) groups excluding carboxylic acids is 2. The number of ether oxygens (including phenoxy) is 1. The molecule has 1 atom stereocenters. The fraction of sp³-hybridized carbons (Fsp3) is 0.364. The zero-order valence-corrected chi connectivity index (χ0v) is 19.0. The lowest BCUT2D eigenvalue weighted by Crippen LogP contribution is -2.47. The number of amides is 2. The number of hydrogen-bond acceptors (Lipinski definition) is 5. The van der Waals surface area contributed by atoms with Gasteiger partial charge >= 0.3 is 0 Å². The van der Waals surface area contributed by atoms with Gasteiger partial charge in [-0.1, -0.05) is 19.9 Å². The largest absolute Gasteiger partial charge is 0.379 e. The smallest absolute Gasteiger partial charge is 0.251 e. The molecule has 0 saturated carbocycles. The second-order valence-electron chi connectivity index (χ2n) is 7.89. The topological polar surface area (TPSA) is 105 Å². The van der Waals surface area contributed by atoms with E-state index < -0.39 is 39.5 Å². The Morgan fingerprint density at radius 3 is 2.27 bits per heavy atom. The molecule has 3 rings (SSSR count). The second kappa shape index (κ2) is 10.4. The summed E-state index contributed by atoms with van der Waals surface area (Å²) < 4.78 is 59.1. The van der Waals surface area contributed by atoms with Gasteiger partial charge in [-0.25, -0.2) is 17.2 Å². The van der Waals surface area contributed by atoms with E-state index in [0.717, 1.165) is 12.1 Å². The monoisotopic (exact) mass is 481 g/mol. The van der Waals surface area contributed by atoms with Gasteiger partial charge in [-0.2, -0.15) is 4.31 Å². The van der Waals surface area contributed by atoms with Crippen molar-refractivity contribution in [3.8, 4) is 0 Å². The lowest BCUT2D eigenvalue weighted by atomic mass is 10.0. The summed E-state index contributed by atoms with van der Waals surface area (Å²) in [7, 11) is -3.81. The van der Waals surface area contributed by atoms with Crippen LogP contribution in [-0.4, -0.2) is 56.9 Å². The number of nitrogens with one attached hydrogen (secondary N) is 2. The summed E-state index contributed by atoms with van der Waals surface area (Å²) in [6.07, 6.45) is 0. The van der Waals surface area contributed by atoms with E-state index in [-0.39, 0.29) is 35.2 Å². The average molecular weight is 482 g/mol.